The fourth-order valence-electron chi connectivity index (χ4n) is 2.64. The number of hydrogen-bond acceptors (Lipinski definition) is 4. The first kappa shape index (κ1) is 17.3. The lowest BCUT2D eigenvalue weighted by atomic mass is 10.1. The number of rotatable bonds is 8. The van der Waals surface area contributed by atoms with Crippen LogP contribution in [0.4, 0.5) is 0 Å². The summed E-state index contributed by atoms with van der Waals surface area (Å²) < 4.78 is 10.8. The summed E-state index contributed by atoms with van der Waals surface area (Å²) in [4.78, 5) is 0. The van der Waals surface area contributed by atoms with E-state index in [-0.39, 0.29) is 6.61 Å². The van der Waals surface area contributed by atoms with Crippen molar-refractivity contribution < 1.29 is 14.6 Å². The number of aliphatic hydroxyl groups excluding tert-OH is 1. The molecule has 0 bridgehead atoms. The van der Waals surface area contributed by atoms with E-state index < -0.39 is 6.10 Å². The molecule has 0 aromatic heterocycles. The topological polar surface area (TPSA) is 50.7 Å². The van der Waals surface area contributed by atoms with Crippen molar-refractivity contribution in [2.75, 3.05) is 20.3 Å². The van der Waals surface area contributed by atoms with Crippen molar-refractivity contribution in [3.05, 3.63) is 72.3 Å². The number of methoxy groups -OCH3 is 1. The van der Waals surface area contributed by atoms with Gasteiger partial charge in [-0.15, -0.1) is 0 Å². The Labute approximate surface area is 148 Å². The van der Waals surface area contributed by atoms with Crippen LogP contribution in [0.3, 0.4) is 0 Å². The van der Waals surface area contributed by atoms with Crippen molar-refractivity contribution in [1.29, 1.82) is 0 Å². The molecule has 4 nitrogen and oxygen atoms in total. The Morgan fingerprint density at radius 2 is 1.64 bits per heavy atom. The highest BCUT2D eigenvalue weighted by Gasteiger charge is 2.06. The van der Waals surface area contributed by atoms with Crippen molar-refractivity contribution in [2.45, 2.75) is 12.6 Å². The molecular weight excluding hydrogens is 314 g/mol. The Balaban J connectivity index is 1.43. The Hall–Kier alpha value is -2.56. The average molecular weight is 337 g/mol. The lowest BCUT2D eigenvalue weighted by Crippen LogP contribution is -2.31. The molecule has 0 saturated heterocycles. The summed E-state index contributed by atoms with van der Waals surface area (Å²) in [7, 11) is 1.65. The van der Waals surface area contributed by atoms with Gasteiger partial charge in [-0.3, -0.25) is 0 Å². The van der Waals surface area contributed by atoms with Gasteiger partial charge >= 0.3 is 0 Å². The molecule has 1 unspecified atom stereocenters. The minimum atomic E-state index is -0.565. The molecule has 3 aromatic carbocycles. The molecule has 3 aromatic rings. The predicted molar refractivity (Wildman–Crippen MR) is 100 cm³/mol. The monoisotopic (exact) mass is 337 g/mol. The largest absolute Gasteiger partial charge is 0.497 e. The zero-order valence-corrected chi connectivity index (χ0v) is 14.3. The van der Waals surface area contributed by atoms with Crippen molar-refractivity contribution in [3.63, 3.8) is 0 Å². The SMILES string of the molecule is COc1ccc(CNCC(O)COc2ccc3ccccc3c2)cc1. The summed E-state index contributed by atoms with van der Waals surface area (Å²) in [6.45, 7) is 1.42. The van der Waals surface area contributed by atoms with E-state index in [2.05, 4.69) is 17.4 Å². The van der Waals surface area contributed by atoms with Crippen LogP contribution in [0.5, 0.6) is 11.5 Å². The molecule has 3 rings (SSSR count). The van der Waals surface area contributed by atoms with Crippen LogP contribution in [0.25, 0.3) is 10.8 Å². The van der Waals surface area contributed by atoms with Crippen LogP contribution >= 0.6 is 0 Å². The zero-order chi connectivity index (χ0) is 17.5. The number of aliphatic hydroxyl groups is 1. The second kappa shape index (κ2) is 8.51. The maximum Gasteiger partial charge on any atom is 0.120 e. The smallest absolute Gasteiger partial charge is 0.120 e. The minimum Gasteiger partial charge on any atom is -0.497 e. The van der Waals surface area contributed by atoms with Crippen LogP contribution in [0.15, 0.2) is 66.7 Å². The maximum atomic E-state index is 10.1. The second-order valence-electron chi connectivity index (χ2n) is 5.95. The summed E-state index contributed by atoms with van der Waals surface area (Å²) in [5.41, 5.74) is 1.14. The number of ether oxygens (including phenoxy) is 2. The first-order chi connectivity index (χ1) is 12.2. The lowest BCUT2D eigenvalue weighted by Gasteiger charge is -2.14. The van der Waals surface area contributed by atoms with Gasteiger partial charge in [-0.1, -0.05) is 42.5 Å². The molecule has 0 aliphatic carbocycles. The summed E-state index contributed by atoms with van der Waals surface area (Å²) in [6.07, 6.45) is -0.565. The molecule has 0 spiro atoms. The molecule has 130 valence electrons. The van der Waals surface area contributed by atoms with Gasteiger partial charge in [0.15, 0.2) is 0 Å². The zero-order valence-electron chi connectivity index (χ0n) is 14.3. The van der Waals surface area contributed by atoms with E-state index in [9.17, 15) is 5.11 Å². The minimum absolute atomic E-state index is 0.258. The average Bonchev–Trinajstić information content (AvgIpc) is 2.67. The van der Waals surface area contributed by atoms with Gasteiger partial charge in [-0.05, 0) is 40.6 Å². The third kappa shape index (κ3) is 4.95. The van der Waals surface area contributed by atoms with E-state index in [0.717, 1.165) is 22.4 Å². The van der Waals surface area contributed by atoms with Crippen molar-refractivity contribution in [3.8, 4) is 11.5 Å². The highest BCUT2D eigenvalue weighted by atomic mass is 16.5. The van der Waals surface area contributed by atoms with Crippen LogP contribution in [0.1, 0.15) is 5.56 Å². The Kier molecular flexibility index (Phi) is 5.88. The first-order valence-corrected chi connectivity index (χ1v) is 8.38. The van der Waals surface area contributed by atoms with Gasteiger partial charge in [0.1, 0.15) is 24.2 Å². The lowest BCUT2D eigenvalue weighted by molar-refractivity contribution is 0.106. The third-order valence-corrected chi connectivity index (χ3v) is 4.03. The van der Waals surface area contributed by atoms with E-state index in [0.29, 0.717) is 13.1 Å². The molecule has 0 heterocycles. The highest BCUT2D eigenvalue weighted by Crippen LogP contribution is 2.20. The number of fused-ring (bicyclic) bond motifs is 1. The molecular formula is C21H23NO3. The van der Waals surface area contributed by atoms with Gasteiger partial charge in [-0.2, -0.15) is 0 Å². The molecule has 2 N–H and O–H groups in total. The molecule has 0 amide bonds. The summed E-state index contributed by atoms with van der Waals surface area (Å²) in [5.74, 6) is 1.61. The van der Waals surface area contributed by atoms with Gasteiger partial charge in [0.05, 0.1) is 7.11 Å². The highest BCUT2D eigenvalue weighted by molar-refractivity contribution is 5.83. The van der Waals surface area contributed by atoms with Gasteiger partial charge in [0.2, 0.25) is 0 Å². The molecule has 0 aliphatic rings. The number of nitrogens with one attached hydrogen (secondary N) is 1. The standard InChI is InChI=1S/C21H23NO3/c1-24-20-9-6-16(7-10-20)13-22-14-19(23)15-25-21-11-8-17-4-2-3-5-18(17)12-21/h2-12,19,22-23H,13-15H2,1H3. The van der Waals surface area contributed by atoms with Gasteiger partial charge in [0.25, 0.3) is 0 Å². The summed E-state index contributed by atoms with van der Waals surface area (Å²) >= 11 is 0. The summed E-state index contributed by atoms with van der Waals surface area (Å²) in [5, 5.41) is 15.6. The Morgan fingerprint density at radius 1 is 0.920 bits per heavy atom. The van der Waals surface area contributed by atoms with Crippen molar-refractivity contribution in [1.82, 2.24) is 5.32 Å². The van der Waals surface area contributed by atoms with E-state index in [1.807, 2.05) is 54.6 Å². The number of hydrogen-bond donors (Lipinski definition) is 2. The van der Waals surface area contributed by atoms with Gasteiger partial charge in [0, 0.05) is 13.1 Å². The Morgan fingerprint density at radius 3 is 2.40 bits per heavy atom. The second-order valence-corrected chi connectivity index (χ2v) is 5.95. The van der Waals surface area contributed by atoms with E-state index in [1.165, 1.54) is 5.39 Å². The molecule has 0 saturated carbocycles. The molecule has 1 atom stereocenters. The predicted octanol–water partition coefficient (Wildman–Crippen LogP) is 3.38. The fourth-order valence-corrected chi connectivity index (χ4v) is 2.64. The first-order valence-electron chi connectivity index (χ1n) is 8.38. The van der Waals surface area contributed by atoms with Gasteiger partial charge < -0.3 is 19.9 Å². The third-order valence-electron chi connectivity index (χ3n) is 4.03. The van der Waals surface area contributed by atoms with Crippen LogP contribution in [0, 0.1) is 0 Å². The van der Waals surface area contributed by atoms with Crippen LogP contribution in [0.2, 0.25) is 0 Å². The molecule has 25 heavy (non-hydrogen) atoms. The van der Waals surface area contributed by atoms with Gasteiger partial charge in [-0.25, -0.2) is 0 Å². The Bertz CT molecular complexity index is 802. The van der Waals surface area contributed by atoms with Crippen LogP contribution in [-0.4, -0.2) is 31.5 Å². The van der Waals surface area contributed by atoms with E-state index in [1.54, 1.807) is 7.11 Å². The molecule has 4 heteroatoms. The van der Waals surface area contributed by atoms with Crippen molar-refractivity contribution >= 4 is 10.8 Å². The summed E-state index contributed by atoms with van der Waals surface area (Å²) in [6, 6.07) is 21.9. The number of benzene rings is 3. The molecule has 0 fully saturated rings. The van der Waals surface area contributed by atoms with Crippen LogP contribution in [-0.2, 0) is 6.54 Å². The van der Waals surface area contributed by atoms with E-state index in [4.69, 9.17) is 9.47 Å². The molecule has 0 radical (unpaired) electrons. The van der Waals surface area contributed by atoms with Crippen LogP contribution < -0.4 is 14.8 Å². The normalized spacial score (nSPS) is 12.1. The fraction of sp³-hybridized carbons (Fsp3) is 0.238. The molecule has 0 aliphatic heterocycles. The quantitative estimate of drug-likeness (QED) is 0.662. The van der Waals surface area contributed by atoms with E-state index >= 15 is 0 Å². The van der Waals surface area contributed by atoms with Crippen molar-refractivity contribution in [2.24, 2.45) is 0 Å². The maximum absolute atomic E-state index is 10.1.